The third kappa shape index (κ3) is 4.44. The van der Waals surface area contributed by atoms with Crippen LogP contribution in [0.4, 0.5) is 4.79 Å². The third-order valence-electron chi connectivity index (χ3n) is 5.99. The lowest BCUT2D eigenvalue weighted by Gasteiger charge is -2.15. The maximum absolute atomic E-state index is 11.5. The average molecular weight is 493 g/mol. The molecule has 4 heterocycles. The minimum absolute atomic E-state index is 0.195. The lowest BCUT2D eigenvalue weighted by molar-refractivity contribution is 0.200. The molecular weight excluding hydrogens is 468 g/mol. The lowest BCUT2D eigenvalue weighted by Crippen LogP contribution is -2.32. The van der Waals surface area contributed by atoms with Crippen LogP contribution >= 0.6 is 11.9 Å². The number of carboxylic acid groups (broad SMARTS) is 1. The topological polar surface area (TPSA) is 132 Å². The highest BCUT2D eigenvalue weighted by atomic mass is 32.2. The maximum Gasteiger partial charge on any atom is 0.410 e. The molecule has 0 aromatic carbocycles. The number of imidazole rings is 1. The van der Waals surface area contributed by atoms with Crippen molar-refractivity contribution in [1.29, 1.82) is 0 Å². The van der Waals surface area contributed by atoms with Crippen molar-refractivity contribution < 1.29 is 14.6 Å². The van der Waals surface area contributed by atoms with Gasteiger partial charge in [-0.3, -0.25) is 10.3 Å². The van der Waals surface area contributed by atoms with Gasteiger partial charge in [0.1, 0.15) is 18.0 Å². The van der Waals surface area contributed by atoms with Crippen molar-refractivity contribution in [2.45, 2.75) is 39.1 Å². The van der Waals surface area contributed by atoms with Crippen LogP contribution in [0.2, 0.25) is 0 Å². The van der Waals surface area contributed by atoms with Gasteiger partial charge >= 0.3 is 6.09 Å². The van der Waals surface area contributed by atoms with Gasteiger partial charge in [-0.15, -0.1) is 0 Å². The predicted octanol–water partition coefficient (Wildman–Crippen LogP) is 3.07. The number of hydrogen-bond acceptors (Lipinski definition) is 8. The highest BCUT2D eigenvalue weighted by molar-refractivity contribution is 7.97. The number of amides is 1. The van der Waals surface area contributed by atoms with Crippen LogP contribution in [0.3, 0.4) is 0 Å². The maximum atomic E-state index is 11.5. The van der Waals surface area contributed by atoms with Crippen LogP contribution in [0.1, 0.15) is 33.6 Å². The summed E-state index contributed by atoms with van der Waals surface area (Å²) in [5, 5.41) is 21.3. The van der Waals surface area contributed by atoms with E-state index in [4.69, 9.17) is 14.9 Å². The van der Waals surface area contributed by atoms with Crippen LogP contribution in [0.5, 0.6) is 5.75 Å². The second-order valence-corrected chi connectivity index (χ2v) is 8.96. The number of aromatic nitrogens is 6. The van der Waals surface area contributed by atoms with E-state index in [1.54, 1.807) is 30.6 Å². The first-order valence-corrected chi connectivity index (χ1v) is 11.9. The van der Waals surface area contributed by atoms with Crippen molar-refractivity contribution in [3.05, 3.63) is 64.6 Å². The molecule has 11 nitrogen and oxygen atoms in total. The predicted molar refractivity (Wildman–Crippen MR) is 131 cm³/mol. The fourth-order valence-electron chi connectivity index (χ4n) is 4.34. The largest absolute Gasteiger partial charge is 0.496 e. The molecule has 12 heteroatoms. The summed E-state index contributed by atoms with van der Waals surface area (Å²) in [6, 6.07) is 2.06. The number of aryl methyl sites for hydroxylation is 3. The van der Waals surface area contributed by atoms with Crippen molar-refractivity contribution >= 4 is 23.9 Å². The Kier molecular flexibility index (Phi) is 6.12. The average Bonchev–Trinajstić information content (AvgIpc) is 3.42. The fraction of sp³-hybridized carbons (Fsp3) is 0.304. The number of hydrogen-bond donors (Lipinski definition) is 2. The number of carbonyl (C=O) groups is 1. The summed E-state index contributed by atoms with van der Waals surface area (Å²) in [6.45, 7) is 4.96. The van der Waals surface area contributed by atoms with Crippen LogP contribution in [0.25, 0.3) is 11.3 Å². The Morgan fingerprint density at radius 2 is 2.17 bits per heavy atom. The molecule has 180 valence electrons. The number of nitrogens with one attached hydrogen (secondary N) is 1. The summed E-state index contributed by atoms with van der Waals surface area (Å²) < 4.78 is 12.0. The number of amidine groups is 1. The van der Waals surface area contributed by atoms with Gasteiger partial charge in [0.2, 0.25) is 0 Å². The summed E-state index contributed by atoms with van der Waals surface area (Å²) >= 11 is 1.29. The minimum Gasteiger partial charge on any atom is -0.496 e. The fourth-order valence-corrected chi connectivity index (χ4v) is 5.12. The van der Waals surface area contributed by atoms with E-state index in [0.29, 0.717) is 18.0 Å². The molecule has 0 saturated heterocycles. The van der Waals surface area contributed by atoms with Gasteiger partial charge in [0, 0.05) is 47.6 Å². The normalized spacial score (nSPS) is 12.9. The summed E-state index contributed by atoms with van der Waals surface area (Å²) in [7, 11) is 1.64. The summed E-state index contributed by atoms with van der Waals surface area (Å²) in [4.78, 5) is 21.7. The van der Waals surface area contributed by atoms with Crippen LogP contribution < -0.4 is 10.1 Å². The summed E-state index contributed by atoms with van der Waals surface area (Å²) in [5.41, 5.74) is 6.85. The molecule has 1 amide bonds. The molecule has 0 saturated carbocycles. The van der Waals surface area contributed by atoms with Crippen LogP contribution in [-0.4, -0.2) is 53.7 Å². The zero-order valence-electron chi connectivity index (χ0n) is 19.5. The highest BCUT2D eigenvalue weighted by Gasteiger charge is 2.29. The molecule has 0 bridgehead atoms. The van der Waals surface area contributed by atoms with E-state index in [1.165, 1.54) is 11.9 Å². The van der Waals surface area contributed by atoms with Crippen LogP contribution in [-0.2, 0) is 25.3 Å². The molecule has 0 unspecified atom stereocenters. The number of nitrogens with zero attached hydrogens (tertiary/aromatic N) is 7. The molecule has 5 rings (SSSR count). The molecule has 0 spiro atoms. The molecule has 2 aromatic rings. The SMILES string of the molecule is COc1c(C)cnc(Cn2nc3cc(CCn4ccnc4)c4c-3c(n2)C(NC(=O)O)=NSC4)c1C. The van der Waals surface area contributed by atoms with Gasteiger partial charge < -0.3 is 14.4 Å². The highest BCUT2D eigenvalue weighted by Crippen LogP contribution is 2.38. The van der Waals surface area contributed by atoms with Gasteiger partial charge in [0.05, 0.1) is 24.8 Å². The number of ether oxygens (including phenoxy) is 1. The Bertz CT molecular complexity index is 1400. The quantitative estimate of drug-likeness (QED) is 0.393. The third-order valence-corrected chi connectivity index (χ3v) is 6.72. The summed E-state index contributed by atoms with van der Waals surface area (Å²) in [6.07, 6.45) is 6.82. The molecule has 0 fully saturated rings. The zero-order chi connectivity index (χ0) is 24.5. The summed E-state index contributed by atoms with van der Waals surface area (Å²) in [5.74, 6) is 1.57. The second-order valence-electron chi connectivity index (χ2n) is 8.23. The van der Waals surface area contributed by atoms with Gasteiger partial charge in [-0.05, 0) is 49.4 Å². The molecule has 1 aliphatic carbocycles. The Morgan fingerprint density at radius 3 is 2.91 bits per heavy atom. The molecule has 0 radical (unpaired) electrons. The van der Waals surface area contributed by atoms with Crippen LogP contribution in [0, 0.1) is 13.8 Å². The van der Waals surface area contributed by atoms with Gasteiger partial charge in [-0.1, -0.05) is 0 Å². The Balaban J connectivity index is 1.59. The first kappa shape index (κ1) is 22.8. The first-order valence-electron chi connectivity index (χ1n) is 11.0. The van der Waals surface area contributed by atoms with Crippen molar-refractivity contribution in [3.63, 3.8) is 0 Å². The Labute approximate surface area is 205 Å². The molecule has 2 aromatic heterocycles. The van der Waals surface area contributed by atoms with Crippen molar-refractivity contribution in [2.75, 3.05) is 7.11 Å². The monoisotopic (exact) mass is 492 g/mol. The van der Waals surface area contributed by atoms with E-state index in [0.717, 1.165) is 57.9 Å². The molecule has 35 heavy (non-hydrogen) atoms. The molecular formula is C23H24N8O3S. The Morgan fingerprint density at radius 1 is 1.31 bits per heavy atom. The van der Waals surface area contributed by atoms with E-state index < -0.39 is 6.09 Å². The standard InChI is InChI=1S/C23H24N8O3S/c1-13-9-25-18(14(2)21(13)34-3)10-31-27-17-8-15(4-6-30-7-5-24-12-30)16-11-35-29-22(26-23(32)33)20(28-31)19(16)17/h5,7-9,12H,4,6,10-11H2,1-3H3,(H,26,29)(H,32,33). The van der Waals surface area contributed by atoms with E-state index in [1.807, 2.05) is 24.6 Å². The molecule has 2 N–H and O–H groups in total. The minimum atomic E-state index is -1.20. The Hall–Kier alpha value is -3.93. The van der Waals surface area contributed by atoms with E-state index in [9.17, 15) is 9.90 Å². The van der Waals surface area contributed by atoms with Crippen molar-refractivity contribution in [1.82, 2.24) is 34.8 Å². The number of rotatable bonds is 6. The molecule has 2 aliphatic heterocycles. The second kappa shape index (κ2) is 9.37. The van der Waals surface area contributed by atoms with Crippen molar-refractivity contribution in [3.8, 4) is 17.0 Å². The number of pyridine rings is 1. The van der Waals surface area contributed by atoms with Gasteiger partial charge in [0.25, 0.3) is 0 Å². The van der Waals surface area contributed by atoms with Gasteiger partial charge in [-0.25, -0.2) is 9.78 Å². The molecule has 3 aliphatic rings. The van der Waals surface area contributed by atoms with Gasteiger partial charge in [-0.2, -0.15) is 19.4 Å². The lowest BCUT2D eigenvalue weighted by atomic mass is 10.1. The first-order chi connectivity index (χ1) is 16.9. The smallest absolute Gasteiger partial charge is 0.410 e. The number of methoxy groups -OCH3 is 1. The van der Waals surface area contributed by atoms with Crippen LogP contribution in [0.15, 0.2) is 35.4 Å². The molecule has 0 atom stereocenters. The van der Waals surface area contributed by atoms with E-state index in [-0.39, 0.29) is 5.84 Å². The van der Waals surface area contributed by atoms with Crippen molar-refractivity contribution in [2.24, 2.45) is 4.40 Å². The van der Waals surface area contributed by atoms with E-state index >= 15 is 0 Å². The van der Waals surface area contributed by atoms with Gasteiger partial charge in [0.15, 0.2) is 5.84 Å². The van der Waals surface area contributed by atoms with E-state index in [2.05, 4.69) is 25.7 Å². The zero-order valence-corrected chi connectivity index (χ0v) is 20.3.